The molecule has 66 valence electrons. The van der Waals surface area contributed by atoms with Gasteiger partial charge in [0.1, 0.15) is 6.29 Å². The molecule has 4 heteroatoms. The molecule has 0 N–H and O–H groups in total. The summed E-state index contributed by atoms with van der Waals surface area (Å²) in [6.45, 7) is 0. The molecule has 0 saturated carbocycles. The molecule has 1 aromatic carbocycles. The second-order valence-corrected chi connectivity index (χ2v) is 2.44. The number of carbonyl (C=O) groups is 2. The Labute approximate surface area is 104 Å². The number of hydrogen-bond donors (Lipinski definition) is 0. The van der Waals surface area contributed by atoms with Crippen molar-refractivity contribution < 1.29 is 44.3 Å². The van der Waals surface area contributed by atoms with Crippen LogP contribution in [0, 0.1) is 0 Å². The zero-order valence-electron chi connectivity index (χ0n) is 7.77. The maximum absolute atomic E-state index is 10.3. The van der Waals surface area contributed by atoms with E-state index in [0.29, 0.717) is 5.56 Å². The van der Waals surface area contributed by atoms with Crippen LogP contribution in [0.3, 0.4) is 0 Å². The summed E-state index contributed by atoms with van der Waals surface area (Å²) >= 11 is 0. The second kappa shape index (κ2) is 6.54. The molecule has 0 amide bonds. The summed E-state index contributed by atoms with van der Waals surface area (Å²) in [5.74, 6) is -1.24. The Morgan fingerprint density at radius 2 is 1.64 bits per heavy atom. The number of rotatable bonds is 3. The number of aliphatic carboxylic acids is 1. The van der Waals surface area contributed by atoms with Crippen molar-refractivity contribution in [1.82, 2.24) is 0 Å². The molecule has 1 aromatic rings. The molecule has 0 spiro atoms. The van der Waals surface area contributed by atoms with Crippen molar-refractivity contribution in [2.24, 2.45) is 0 Å². The van der Waals surface area contributed by atoms with Gasteiger partial charge in [-0.2, -0.15) is 0 Å². The van der Waals surface area contributed by atoms with Crippen molar-refractivity contribution in [2.75, 3.05) is 0 Å². The maximum Gasteiger partial charge on any atom is 1.00 e. The van der Waals surface area contributed by atoms with E-state index in [4.69, 9.17) is 0 Å². The van der Waals surface area contributed by atoms with Crippen LogP contribution in [0.5, 0.6) is 0 Å². The molecule has 0 heterocycles. The number of aldehydes is 1. The van der Waals surface area contributed by atoms with Crippen molar-refractivity contribution in [3.05, 3.63) is 41.5 Å². The molecule has 3 nitrogen and oxygen atoms in total. The van der Waals surface area contributed by atoms with Gasteiger partial charge in [-0.25, -0.2) is 0 Å². The first-order chi connectivity index (χ1) is 6.22. The molecule has 0 fully saturated rings. The molecular formula is C10H7NaO3. The minimum Gasteiger partial charge on any atom is -0.545 e. The van der Waals surface area contributed by atoms with Gasteiger partial charge >= 0.3 is 29.6 Å². The predicted molar refractivity (Wildman–Crippen MR) is 45.9 cm³/mol. The minimum atomic E-state index is -1.24. The molecule has 0 aromatic heterocycles. The summed E-state index contributed by atoms with van der Waals surface area (Å²) < 4.78 is 0. The Morgan fingerprint density at radius 1 is 1.14 bits per heavy atom. The summed E-state index contributed by atoms with van der Waals surface area (Å²) in [5.41, 5.74) is 1.28. The Kier molecular flexibility index (Phi) is 6.12. The summed E-state index contributed by atoms with van der Waals surface area (Å²) in [5, 5.41) is 10.0. The smallest absolute Gasteiger partial charge is 0.545 e. The van der Waals surface area contributed by atoms with E-state index in [0.717, 1.165) is 17.9 Å². The van der Waals surface area contributed by atoms with Crippen molar-refractivity contribution in [3.63, 3.8) is 0 Å². The van der Waals surface area contributed by atoms with Crippen LogP contribution >= 0.6 is 0 Å². The van der Waals surface area contributed by atoms with Crippen LogP contribution in [0.2, 0.25) is 0 Å². The van der Waals surface area contributed by atoms with E-state index in [-0.39, 0.29) is 29.6 Å². The average Bonchev–Trinajstić information content (AvgIpc) is 2.15. The monoisotopic (exact) mass is 198 g/mol. The number of carboxylic acids is 1. The first-order valence-electron chi connectivity index (χ1n) is 3.66. The molecule has 0 bridgehead atoms. The SMILES string of the molecule is O=Cc1ccc(/C=C/C(=O)[O-])cc1.[Na+]. The molecule has 0 aliphatic heterocycles. The van der Waals surface area contributed by atoms with E-state index in [9.17, 15) is 14.7 Å². The standard InChI is InChI=1S/C10H8O3.Na/c11-7-9-3-1-8(2-4-9)5-6-10(12)13;/h1-7H,(H,12,13);/q;+1/p-1/b6-5+;. The van der Waals surface area contributed by atoms with Gasteiger partial charge < -0.3 is 9.90 Å². The van der Waals surface area contributed by atoms with Gasteiger partial charge in [-0.1, -0.05) is 30.3 Å². The molecule has 1 rings (SSSR count). The van der Waals surface area contributed by atoms with E-state index in [1.54, 1.807) is 24.3 Å². The Balaban J connectivity index is 0.00000169. The Bertz CT molecular complexity index is 341. The molecule has 0 aliphatic carbocycles. The van der Waals surface area contributed by atoms with E-state index in [1.807, 2.05) is 0 Å². The third-order valence-corrected chi connectivity index (χ3v) is 1.48. The van der Waals surface area contributed by atoms with Gasteiger partial charge in [0, 0.05) is 5.56 Å². The van der Waals surface area contributed by atoms with Gasteiger partial charge in [0.15, 0.2) is 0 Å². The number of hydrogen-bond acceptors (Lipinski definition) is 3. The van der Waals surface area contributed by atoms with Crippen molar-refractivity contribution in [1.29, 1.82) is 0 Å². The minimum absolute atomic E-state index is 0. The third kappa shape index (κ3) is 4.37. The average molecular weight is 198 g/mol. The van der Waals surface area contributed by atoms with E-state index in [2.05, 4.69) is 0 Å². The van der Waals surface area contributed by atoms with E-state index in [1.165, 1.54) is 6.08 Å². The number of carboxylic acid groups (broad SMARTS) is 1. The van der Waals surface area contributed by atoms with Crippen molar-refractivity contribution >= 4 is 18.3 Å². The summed E-state index contributed by atoms with van der Waals surface area (Å²) in [4.78, 5) is 20.3. The van der Waals surface area contributed by atoms with Crippen LogP contribution in [-0.4, -0.2) is 12.3 Å². The van der Waals surface area contributed by atoms with Crippen LogP contribution < -0.4 is 34.7 Å². The van der Waals surface area contributed by atoms with Gasteiger partial charge in [-0.15, -0.1) is 0 Å². The second-order valence-electron chi connectivity index (χ2n) is 2.44. The molecular weight excluding hydrogens is 191 g/mol. The van der Waals surface area contributed by atoms with Crippen LogP contribution in [0.25, 0.3) is 6.08 Å². The molecule has 0 aliphatic rings. The number of benzene rings is 1. The third-order valence-electron chi connectivity index (χ3n) is 1.48. The Hall–Kier alpha value is -0.900. The first-order valence-corrected chi connectivity index (χ1v) is 3.66. The van der Waals surface area contributed by atoms with Crippen LogP contribution in [0.15, 0.2) is 30.3 Å². The molecule has 0 radical (unpaired) electrons. The van der Waals surface area contributed by atoms with Gasteiger partial charge in [-0.3, -0.25) is 4.79 Å². The predicted octanol–water partition coefficient (Wildman–Crippen LogP) is -2.73. The molecule has 0 unspecified atom stereocenters. The maximum atomic E-state index is 10.3. The fourth-order valence-electron chi connectivity index (χ4n) is 0.850. The Morgan fingerprint density at radius 3 is 2.07 bits per heavy atom. The quantitative estimate of drug-likeness (QED) is 0.301. The van der Waals surface area contributed by atoms with Gasteiger partial charge in [0.25, 0.3) is 0 Å². The zero-order valence-corrected chi connectivity index (χ0v) is 9.77. The van der Waals surface area contributed by atoms with Gasteiger partial charge in [0.2, 0.25) is 0 Å². The van der Waals surface area contributed by atoms with Crippen molar-refractivity contribution in [3.8, 4) is 0 Å². The molecule has 0 saturated heterocycles. The molecule has 14 heavy (non-hydrogen) atoms. The normalized spacial score (nSPS) is 9.43. The topological polar surface area (TPSA) is 57.2 Å². The van der Waals surface area contributed by atoms with Crippen LogP contribution in [0.1, 0.15) is 15.9 Å². The van der Waals surface area contributed by atoms with Crippen LogP contribution in [0.4, 0.5) is 0 Å². The summed E-state index contributed by atoms with van der Waals surface area (Å²) in [7, 11) is 0. The summed E-state index contributed by atoms with van der Waals surface area (Å²) in [6, 6.07) is 6.54. The fourth-order valence-corrected chi connectivity index (χ4v) is 0.850. The van der Waals surface area contributed by atoms with E-state index >= 15 is 0 Å². The van der Waals surface area contributed by atoms with Crippen molar-refractivity contribution in [2.45, 2.75) is 0 Å². The summed E-state index contributed by atoms with van der Waals surface area (Å²) in [6.07, 6.45) is 3.08. The van der Waals surface area contributed by atoms with Gasteiger partial charge in [0.05, 0.1) is 5.97 Å². The fraction of sp³-hybridized carbons (Fsp3) is 0. The number of carbonyl (C=O) groups excluding carboxylic acids is 2. The first kappa shape index (κ1) is 13.1. The largest absolute Gasteiger partial charge is 1.00 e. The van der Waals surface area contributed by atoms with E-state index < -0.39 is 5.97 Å². The zero-order chi connectivity index (χ0) is 9.68. The molecule has 0 atom stereocenters. The van der Waals surface area contributed by atoms with Gasteiger partial charge in [-0.05, 0) is 11.6 Å². The van der Waals surface area contributed by atoms with Crippen LogP contribution in [-0.2, 0) is 4.79 Å².